The molecule has 0 N–H and O–H groups in total. The molecule has 1 heterocycles. The number of rotatable bonds is 1. The molecule has 13 heavy (non-hydrogen) atoms. The molecular formula is C10H6BrClS. The van der Waals surface area contributed by atoms with E-state index >= 15 is 0 Å². The van der Waals surface area contributed by atoms with Crippen molar-refractivity contribution in [1.29, 1.82) is 0 Å². The van der Waals surface area contributed by atoms with Crippen LogP contribution in [0.2, 0.25) is 5.02 Å². The summed E-state index contributed by atoms with van der Waals surface area (Å²) in [4.78, 5) is 0. The minimum atomic E-state index is 0.793. The Bertz CT molecular complexity index is 422. The first-order valence-corrected chi connectivity index (χ1v) is 5.87. The van der Waals surface area contributed by atoms with Crippen LogP contribution in [0.25, 0.3) is 11.1 Å². The number of halogens is 2. The molecule has 0 aliphatic rings. The van der Waals surface area contributed by atoms with Gasteiger partial charge in [0.05, 0.1) is 0 Å². The van der Waals surface area contributed by atoms with E-state index in [0.717, 1.165) is 20.6 Å². The number of benzene rings is 1. The lowest BCUT2D eigenvalue weighted by Gasteiger charge is -2.01. The summed E-state index contributed by atoms with van der Waals surface area (Å²) in [5.74, 6) is 0. The molecule has 3 heteroatoms. The lowest BCUT2D eigenvalue weighted by atomic mass is 10.1. The van der Waals surface area contributed by atoms with Gasteiger partial charge in [0.15, 0.2) is 0 Å². The molecule has 0 aliphatic heterocycles. The van der Waals surface area contributed by atoms with Crippen molar-refractivity contribution in [3.8, 4) is 11.1 Å². The van der Waals surface area contributed by atoms with Crippen molar-refractivity contribution in [2.45, 2.75) is 0 Å². The SMILES string of the molecule is Clc1ccccc1-c1cscc1Br. The van der Waals surface area contributed by atoms with Gasteiger partial charge < -0.3 is 0 Å². The van der Waals surface area contributed by atoms with Crippen LogP contribution in [0, 0.1) is 0 Å². The van der Waals surface area contributed by atoms with Crippen molar-refractivity contribution >= 4 is 38.9 Å². The molecule has 0 bridgehead atoms. The molecule has 0 radical (unpaired) electrons. The smallest absolute Gasteiger partial charge is 0.0485 e. The molecule has 0 unspecified atom stereocenters. The average molecular weight is 274 g/mol. The van der Waals surface area contributed by atoms with Gasteiger partial charge in [-0.25, -0.2) is 0 Å². The highest BCUT2D eigenvalue weighted by Crippen LogP contribution is 2.35. The van der Waals surface area contributed by atoms with Gasteiger partial charge in [0.2, 0.25) is 0 Å². The second kappa shape index (κ2) is 3.82. The molecule has 0 atom stereocenters. The normalized spacial score (nSPS) is 10.3. The van der Waals surface area contributed by atoms with Gasteiger partial charge in [0.25, 0.3) is 0 Å². The summed E-state index contributed by atoms with van der Waals surface area (Å²) < 4.78 is 1.10. The molecule has 0 aliphatic carbocycles. The second-order valence-electron chi connectivity index (χ2n) is 2.61. The molecule has 0 saturated heterocycles. The monoisotopic (exact) mass is 272 g/mol. The van der Waals surface area contributed by atoms with Crippen molar-refractivity contribution < 1.29 is 0 Å². The molecule has 2 rings (SSSR count). The first-order valence-electron chi connectivity index (χ1n) is 3.75. The molecule has 0 spiro atoms. The summed E-state index contributed by atoms with van der Waals surface area (Å²) in [5, 5.41) is 4.94. The molecule has 0 nitrogen and oxygen atoms in total. The predicted octanol–water partition coefficient (Wildman–Crippen LogP) is 4.83. The molecule has 0 amide bonds. The van der Waals surface area contributed by atoms with Crippen LogP contribution in [0.3, 0.4) is 0 Å². The summed E-state index contributed by atoms with van der Waals surface area (Å²) >= 11 is 11.2. The fourth-order valence-electron chi connectivity index (χ4n) is 1.15. The largest absolute Gasteiger partial charge is 0.151 e. The minimum Gasteiger partial charge on any atom is -0.151 e. The quantitative estimate of drug-likeness (QED) is 0.698. The highest BCUT2D eigenvalue weighted by atomic mass is 79.9. The lowest BCUT2D eigenvalue weighted by Crippen LogP contribution is -1.75. The van der Waals surface area contributed by atoms with E-state index in [4.69, 9.17) is 11.6 Å². The van der Waals surface area contributed by atoms with Crippen LogP contribution >= 0.6 is 38.9 Å². The van der Waals surface area contributed by atoms with Crippen LogP contribution in [0.15, 0.2) is 39.5 Å². The molecule has 2 aromatic rings. The van der Waals surface area contributed by atoms with Crippen LogP contribution in [0.1, 0.15) is 0 Å². The zero-order valence-electron chi connectivity index (χ0n) is 6.63. The Morgan fingerprint density at radius 3 is 2.46 bits per heavy atom. The lowest BCUT2D eigenvalue weighted by molar-refractivity contribution is 1.66. The fourth-order valence-corrected chi connectivity index (χ4v) is 2.90. The van der Waals surface area contributed by atoms with Crippen LogP contribution < -0.4 is 0 Å². The first kappa shape index (κ1) is 9.25. The third-order valence-corrected chi connectivity index (χ3v) is 3.81. The van der Waals surface area contributed by atoms with Gasteiger partial charge in [-0.1, -0.05) is 29.8 Å². The Balaban J connectivity index is 2.59. The first-order chi connectivity index (χ1) is 6.29. The maximum atomic E-state index is 6.07. The standard InChI is InChI=1S/C10H6BrClS/c11-9-6-13-5-8(9)7-3-1-2-4-10(7)12/h1-6H. The van der Waals surface area contributed by atoms with Crippen molar-refractivity contribution in [3.63, 3.8) is 0 Å². The highest BCUT2D eigenvalue weighted by Gasteiger charge is 2.06. The van der Waals surface area contributed by atoms with E-state index in [1.165, 1.54) is 0 Å². The zero-order chi connectivity index (χ0) is 9.26. The maximum absolute atomic E-state index is 6.07. The summed E-state index contributed by atoms with van der Waals surface area (Å²) in [6.45, 7) is 0. The minimum absolute atomic E-state index is 0.793. The summed E-state index contributed by atoms with van der Waals surface area (Å²) in [5.41, 5.74) is 2.24. The molecule has 1 aromatic carbocycles. The third-order valence-electron chi connectivity index (χ3n) is 1.78. The highest BCUT2D eigenvalue weighted by molar-refractivity contribution is 9.10. The molecule has 66 valence electrons. The topological polar surface area (TPSA) is 0 Å². The van der Waals surface area contributed by atoms with Crippen LogP contribution in [-0.4, -0.2) is 0 Å². The van der Waals surface area contributed by atoms with Gasteiger partial charge >= 0.3 is 0 Å². The average Bonchev–Trinajstić information content (AvgIpc) is 2.52. The predicted molar refractivity (Wildman–Crippen MR) is 62.5 cm³/mol. The van der Waals surface area contributed by atoms with Crippen molar-refractivity contribution in [1.82, 2.24) is 0 Å². The fraction of sp³-hybridized carbons (Fsp3) is 0. The van der Waals surface area contributed by atoms with E-state index in [1.54, 1.807) is 11.3 Å². The Morgan fingerprint density at radius 2 is 1.85 bits per heavy atom. The summed E-state index contributed by atoms with van der Waals surface area (Å²) in [7, 11) is 0. The van der Waals surface area contributed by atoms with Gasteiger partial charge in [-0.05, 0) is 27.4 Å². The maximum Gasteiger partial charge on any atom is 0.0485 e. The summed E-state index contributed by atoms with van der Waals surface area (Å²) in [6, 6.07) is 7.85. The van der Waals surface area contributed by atoms with Crippen LogP contribution in [0.4, 0.5) is 0 Å². The van der Waals surface area contributed by atoms with Crippen molar-refractivity contribution in [2.75, 3.05) is 0 Å². The molecule has 0 fully saturated rings. The van der Waals surface area contributed by atoms with E-state index < -0.39 is 0 Å². The summed E-state index contributed by atoms with van der Waals surface area (Å²) in [6.07, 6.45) is 0. The van der Waals surface area contributed by atoms with E-state index in [0.29, 0.717) is 0 Å². The molecular weight excluding hydrogens is 268 g/mol. The number of thiophene rings is 1. The van der Waals surface area contributed by atoms with E-state index in [2.05, 4.69) is 26.7 Å². The van der Waals surface area contributed by atoms with Crippen LogP contribution in [0.5, 0.6) is 0 Å². The number of hydrogen-bond acceptors (Lipinski definition) is 1. The van der Waals surface area contributed by atoms with Crippen LogP contribution in [-0.2, 0) is 0 Å². The van der Waals surface area contributed by atoms with Gasteiger partial charge in [-0.3, -0.25) is 0 Å². The molecule has 1 aromatic heterocycles. The Hall–Kier alpha value is -0.310. The number of hydrogen-bond donors (Lipinski definition) is 0. The third kappa shape index (κ3) is 1.80. The molecule has 0 saturated carbocycles. The Labute approximate surface area is 94.3 Å². The van der Waals surface area contributed by atoms with E-state index in [-0.39, 0.29) is 0 Å². The van der Waals surface area contributed by atoms with Gasteiger partial charge in [-0.15, -0.1) is 0 Å². The Morgan fingerprint density at radius 1 is 1.08 bits per heavy atom. The van der Waals surface area contributed by atoms with E-state index in [1.807, 2.05) is 24.3 Å². The van der Waals surface area contributed by atoms with Gasteiger partial charge in [0, 0.05) is 26.0 Å². The second-order valence-corrected chi connectivity index (χ2v) is 4.62. The van der Waals surface area contributed by atoms with Gasteiger partial charge in [0.1, 0.15) is 0 Å². The van der Waals surface area contributed by atoms with E-state index in [9.17, 15) is 0 Å². The zero-order valence-corrected chi connectivity index (χ0v) is 9.79. The van der Waals surface area contributed by atoms with Crippen molar-refractivity contribution in [2.24, 2.45) is 0 Å². The van der Waals surface area contributed by atoms with Gasteiger partial charge in [-0.2, -0.15) is 11.3 Å². The Kier molecular flexibility index (Phi) is 2.72. The van der Waals surface area contributed by atoms with Crippen molar-refractivity contribution in [3.05, 3.63) is 44.5 Å².